The highest BCUT2D eigenvalue weighted by atomic mass is 32.2. The maximum Gasteiger partial charge on any atom is 0.233 e. The van der Waals surface area contributed by atoms with Gasteiger partial charge in [-0.25, -0.2) is 4.98 Å². The lowest BCUT2D eigenvalue weighted by atomic mass is 10.3. The van der Waals surface area contributed by atoms with Crippen molar-refractivity contribution in [1.29, 1.82) is 0 Å². The molecule has 0 atom stereocenters. The largest absolute Gasteiger partial charge is 0.477 e. The van der Waals surface area contributed by atoms with Crippen LogP contribution in [0.15, 0.2) is 41.6 Å². The number of ether oxygens (including phenoxy) is 1. The molecule has 3 aromatic heterocycles. The van der Waals surface area contributed by atoms with Gasteiger partial charge in [0.15, 0.2) is 10.8 Å². The van der Waals surface area contributed by atoms with Crippen molar-refractivity contribution in [1.82, 2.24) is 24.8 Å². The fraction of sp³-hybridized carbons (Fsp3) is 0.143. The summed E-state index contributed by atoms with van der Waals surface area (Å²) in [5.41, 5.74) is 1.64. The molecule has 0 saturated heterocycles. The lowest BCUT2D eigenvalue weighted by Crippen LogP contribution is -2.00. The SMILES string of the molecule is CCOc1ccc2nnc(SNc3nc4ccccc4s3)n2n1. The summed E-state index contributed by atoms with van der Waals surface area (Å²) in [4.78, 5) is 4.52. The van der Waals surface area contributed by atoms with Gasteiger partial charge in [0, 0.05) is 18.0 Å². The van der Waals surface area contributed by atoms with Gasteiger partial charge in [-0.05, 0) is 25.1 Å². The quantitative estimate of drug-likeness (QED) is 0.557. The van der Waals surface area contributed by atoms with Gasteiger partial charge < -0.3 is 4.74 Å². The number of para-hydroxylation sites is 1. The molecule has 0 aliphatic carbocycles. The lowest BCUT2D eigenvalue weighted by molar-refractivity contribution is 0.320. The fourth-order valence-corrected chi connectivity index (χ4v) is 3.58. The molecule has 7 nitrogen and oxygen atoms in total. The monoisotopic (exact) mass is 344 g/mol. The van der Waals surface area contributed by atoms with E-state index < -0.39 is 0 Å². The van der Waals surface area contributed by atoms with E-state index >= 15 is 0 Å². The van der Waals surface area contributed by atoms with Crippen LogP contribution in [0.2, 0.25) is 0 Å². The van der Waals surface area contributed by atoms with Crippen molar-refractivity contribution in [2.45, 2.75) is 12.1 Å². The molecule has 4 aromatic rings. The summed E-state index contributed by atoms with van der Waals surface area (Å²) < 4.78 is 11.4. The molecule has 0 unspecified atom stereocenters. The third kappa shape index (κ3) is 2.80. The van der Waals surface area contributed by atoms with Crippen molar-refractivity contribution in [3.63, 3.8) is 0 Å². The Kier molecular flexibility index (Phi) is 3.72. The van der Waals surface area contributed by atoms with E-state index in [0.29, 0.717) is 23.3 Å². The van der Waals surface area contributed by atoms with Crippen LogP contribution in [0.4, 0.5) is 5.13 Å². The van der Waals surface area contributed by atoms with Crippen LogP contribution in [0.5, 0.6) is 5.88 Å². The number of anilines is 1. The van der Waals surface area contributed by atoms with E-state index in [1.807, 2.05) is 37.3 Å². The molecule has 0 saturated carbocycles. The number of aromatic nitrogens is 5. The summed E-state index contributed by atoms with van der Waals surface area (Å²) in [6.45, 7) is 2.48. The standard InChI is InChI=1S/C14H12N6OS2/c1-2-21-12-8-7-11-16-17-14(20(11)18-12)23-19-13-15-9-5-3-4-6-10(9)22-13/h3-8H,2H2,1H3,(H,15,19). The van der Waals surface area contributed by atoms with E-state index in [9.17, 15) is 0 Å². The van der Waals surface area contributed by atoms with Gasteiger partial charge in [0.2, 0.25) is 11.0 Å². The molecule has 0 radical (unpaired) electrons. The lowest BCUT2D eigenvalue weighted by Gasteiger charge is -2.03. The summed E-state index contributed by atoms with van der Waals surface area (Å²) >= 11 is 2.91. The molecular formula is C14H12N6OS2. The average Bonchev–Trinajstić information content (AvgIpc) is 3.16. The number of hydrogen-bond acceptors (Lipinski definition) is 8. The Bertz CT molecular complexity index is 933. The predicted molar refractivity (Wildman–Crippen MR) is 91.1 cm³/mol. The van der Waals surface area contributed by atoms with E-state index in [1.54, 1.807) is 21.9 Å². The van der Waals surface area contributed by atoms with E-state index in [0.717, 1.165) is 15.3 Å². The number of nitrogens with zero attached hydrogens (tertiary/aromatic N) is 5. The molecule has 116 valence electrons. The van der Waals surface area contributed by atoms with Crippen LogP contribution in [0, 0.1) is 0 Å². The third-order valence-electron chi connectivity index (χ3n) is 3.03. The van der Waals surface area contributed by atoms with Crippen LogP contribution in [-0.4, -0.2) is 31.4 Å². The second kappa shape index (κ2) is 6.01. The normalized spacial score (nSPS) is 11.2. The van der Waals surface area contributed by atoms with Crippen molar-refractivity contribution < 1.29 is 4.74 Å². The van der Waals surface area contributed by atoms with Crippen LogP contribution in [0.1, 0.15) is 6.92 Å². The summed E-state index contributed by atoms with van der Waals surface area (Å²) in [6.07, 6.45) is 0. The second-order valence-electron chi connectivity index (χ2n) is 4.55. The first-order valence-electron chi connectivity index (χ1n) is 6.97. The molecular weight excluding hydrogens is 332 g/mol. The highest BCUT2D eigenvalue weighted by Gasteiger charge is 2.10. The van der Waals surface area contributed by atoms with Gasteiger partial charge in [-0.2, -0.15) is 4.52 Å². The van der Waals surface area contributed by atoms with Gasteiger partial charge in [0.1, 0.15) is 0 Å². The third-order valence-corrected chi connectivity index (χ3v) is 4.84. The van der Waals surface area contributed by atoms with Gasteiger partial charge in [-0.1, -0.05) is 23.5 Å². The summed E-state index contributed by atoms with van der Waals surface area (Å²) in [7, 11) is 0. The van der Waals surface area contributed by atoms with Crippen molar-refractivity contribution in [3.8, 4) is 5.88 Å². The highest BCUT2D eigenvalue weighted by molar-refractivity contribution is 8.00. The minimum absolute atomic E-state index is 0.543. The smallest absolute Gasteiger partial charge is 0.233 e. The van der Waals surface area contributed by atoms with Crippen molar-refractivity contribution in [2.75, 3.05) is 11.3 Å². The first-order valence-corrected chi connectivity index (χ1v) is 8.60. The molecule has 0 amide bonds. The molecule has 9 heteroatoms. The second-order valence-corrected chi connectivity index (χ2v) is 6.35. The van der Waals surface area contributed by atoms with Crippen molar-refractivity contribution >= 4 is 44.3 Å². The van der Waals surface area contributed by atoms with E-state index in [4.69, 9.17) is 4.74 Å². The first-order chi connectivity index (χ1) is 11.3. The van der Waals surface area contributed by atoms with Gasteiger partial charge in [-0.3, -0.25) is 4.72 Å². The number of rotatable bonds is 5. The number of hydrogen-bond donors (Lipinski definition) is 1. The Labute approximate surface area is 139 Å². The molecule has 1 aromatic carbocycles. The first kappa shape index (κ1) is 14.2. The zero-order valence-electron chi connectivity index (χ0n) is 12.1. The van der Waals surface area contributed by atoms with Crippen LogP contribution in [0.25, 0.3) is 15.9 Å². The fourth-order valence-electron chi connectivity index (χ4n) is 2.05. The summed E-state index contributed by atoms with van der Waals surface area (Å²) in [5.74, 6) is 0.543. The Morgan fingerprint density at radius 2 is 2.13 bits per heavy atom. The van der Waals surface area contributed by atoms with Crippen LogP contribution < -0.4 is 9.46 Å². The topological polar surface area (TPSA) is 77.2 Å². The number of nitrogens with one attached hydrogen (secondary N) is 1. The Balaban J connectivity index is 1.58. The van der Waals surface area contributed by atoms with E-state index in [-0.39, 0.29) is 0 Å². The summed E-state index contributed by atoms with van der Waals surface area (Å²) in [5, 5.41) is 14.0. The predicted octanol–water partition coefficient (Wildman–Crippen LogP) is 3.25. The molecule has 23 heavy (non-hydrogen) atoms. The van der Waals surface area contributed by atoms with Crippen LogP contribution in [0.3, 0.4) is 0 Å². The zero-order chi connectivity index (χ0) is 15.6. The molecule has 0 aliphatic rings. The van der Waals surface area contributed by atoms with Crippen molar-refractivity contribution in [3.05, 3.63) is 36.4 Å². The average molecular weight is 344 g/mol. The summed E-state index contributed by atoms with van der Waals surface area (Å²) in [6, 6.07) is 11.6. The van der Waals surface area contributed by atoms with Gasteiger partial charge in [0.25, 0.3) is 0 Å². The minimum atomic E-state index is 0.543. The maximum absolute atomic E-state index is 5.41. The Morgan fingerprint density at radius 1 is 1.22 bits per heavy atom. The molecule has 1 N–H and O–H groups in total. The number of fused-ring (bicyclic) bond motifs is 2. The van der Waals surface area contributed by atoms with Gasteiger partial charge >= 0.3 is 0 Å². The Morgan fingerprint density at radius 3 is 3.00 bits per heavy atom. The van der Waals surface area contributed by atoms with Gasteiger partial charge in [0.05, 0.1) is 16.8 Å². The van der Waals surface area contributed by atoms with Crippen LogP contribution >= 0.6 is 23.3 Å². The number of benzene rings is 1. The molecule has 3 heterocycles. The van der Waals surface area contributed by atoms with E-state index in [2.05, 4.69) is 25.0 Å². The maximum atomic E-state index is 5.41. The Hall–Kier alpha value is -2.39. The van der Waals surface area contributed by atoms with Crippen LogP contribution in [-0.2, 0) is 0 Å². The number of thiazole rings is 1. The molecule has 0 bridgehead atoms. The molecule has 0 aliphatic heterocycles. The minimum Gasteiger partial charge on any atom is -0.477 e. The van der Waals surface area contributed by atoms with E-state index in [1.165, 1.54) is 11.9 Å². The highest BCUT2D eigenvalue weighted by Crippen LogP contribution is 2.28. The van der Waals surface area contributed by atoms with Gasteiger partial charge in [-0.15, -0.1) is 15.3 Å². The zero-order valence-corrected chi connectivity index (χ0v) is 13.8. The van der Waals surface area contributed by atoms with Crippen molar-refractivity contribution in [2.24, 2.45) is 0 Å². The molecule has 4 rings (SSSR count). The molecule has 0 fully saturated rings. The molecule has 0 spiro atoms.